The summed E-state index contributed by atoms with van der Waals surface area (Å²) in [6.07, 6.45) is -0.661. The van der Waals surface area contributed by atoms with Gasteiger partial charge in [0.1, 0.15) is 5.75 Å². The van der Waals surface area contributed by atoms with Gasteiger partial charge in [0.25, 0.3) is 0 Å². The van der Waals surface area contributed by atoms with Crippen LogP contribution in [0.5, 0.6) is 5.75 Å². The summed E-state index contributed by atoms with van der Waals surface area (Å²) in [6.45, 7) is 0. The molecule has 1 aromatic carbocycles. The monoisotopic (exact) mass is 217 g/mol. The maximum Gasteiger partial charge on any atom is 0.308 e. The summed E-state index contributed by atoms with van der Waals surface area (Å²) in [5.74, 6) is -3.90. The fourth-order valence-electron chi connectivity index (χ4n) is 1.16. The largest absolute Gasteiger partial charge is 0.496 e. The van der Waals surface area contributed by atoms with Crippen molar-refractivity contribution in [2.24, 2.45) is 0 Å². The maximum atomic E-state index is 13.3. The molecule has 1 rings (SSSR count). The molecular weight excluding hydrogens is 208 g/mol. The molecule has 0 aliphatic heterocycles. The quantitative estimate of drug-likeness (QED) is 0.746. The van der Waals surface area contributed by atoms with E-state index >= 15 is 0 Å². The Labute approximate surface area is 84.3 Å². The maximum absolute atomic E-state index is 13.3. The van der Waals surface area contributed by atoms with Gasteiger partial charge >= 0.3 is 5.97 Å². The number of anilines is 1. The van der Waals surface area contributed by atoms with E-state index in [1.807, 2.05) is 0 Å². The summed E-state index contributed by atoms with van der Waals surface area (Å²) in [7, 11) is 1.22. The Kier molecular flexibility index (Phi) is 3.08. The fraction of sp³-hybridized carbons (Fsp3) is 0.222. The molecular formula is C9H9F2NO3. The highest BCUT2D eigenvalue weighted by Gasteiger charge is 2.19. The second kappa shape index (κ2) is 4.12. The number of hydrogen-bond donors (Lipinski definition) is 2. The van der Waals surface area contributed by atoms with Crippen LogP contribution in [0.3, 0.4) is 0 Å². The molecule has 0 atom stereocenters. The van der Waals surface area contributed by atoms with Gasteiger partial charge in [-0.15, -0.1) is 0 Å². The molecule has 0 saturated carbocycles. The summed E-state index contributed by atoms with van der Waals surface area (Å²) in [5, 5.41) is 8.50. The standard InChI is InChI=1S/C9H9F2NO3/c1-15-6-3-5(12)9(11)8(10)4(6)2-7(13)14/h3H,2,12H2,1H3,(H,13,14). The van der Waals surface area contributed by atoms with Crippen LogP contribution in [-0.2, 0) is 11.2 Å². The fourth-order valence-corrected chi connectivity index (χ4v) is 1.16. The van der Waals surface area contributed by atoms with Gasteiger partial charge in [-0.25, -0.2) is 8.78 Å². The minimum absolute atomic E-state index is 0.0752. The van der Waals surface area contributed by atoms with Gasteiger partial charge in [0.15, 0.2) is 11.6 Å². The van der Waals surface area contributed by atoms with Crippen LogP contribution in [0.15, 0.2) is 6.07 Å². The Morgan fingerprint density at radius 1 is 1.53 bits per heavy atom. The van der Waals surface area contributed by atoms with E-state index in [1.165, 1.54) is 7.11 Å². The van der Waals surface area contributed by atoms with Crippen LogP contribution >= 0.6 is 0 Å². The number of ether oxygens (including phenoxy) is 1. The zero-order chi connectivity index (χ0) is 11.6. The van der Waals surface area contributed by atoms with Crippen molar-refractivity contribution in [3.63, 3.8) is 0 Å². The second-order valence-electron chi connectivity index (χ2n) is 2.85. The molecule has 82 valence electrons. The number of aliphatic carboxylic acids is 1. The number of carbonyl (C=O) groups is 1. The summed E-state index contributed by atoms with van der Waals surface area (Å²) < 4.78 is 31.0. The predicted octanol–water partition coefficient (Wildman–Crippen LogP) is 1.18. The Balaban J connectivity index is 3.33. The molecule has 4 nitrogen and oxygen atoms in total. The molecule has 0 bridgehead atoms. The third kappa shape index (κ3) is 2.15. The lowest BCUT2D eigenvalue weighted by atomic mass is 10.1. The highest BCUT2D eigenvalue weighted by molar-refractivity contribution is 5.72. The molecule has 15 heavy (non-hydrogen) atoms. The van der Waals surface area contributed by atoms with E-state index in [0.717, 1.165) is 6.07 Å². The first-order valence-electron chi connectivity index (χ1n) is 3.99. The normalized spacial score (nSPS) is 10.1. The Bertz CT molecular complexity index is 407. The summed E-state index contributed by atoms with van der Waals surface area (Å²) >= 11 is 0. The predicted molar refractivity (Wildman–Crippen MR) is 48.7 cm³/mol. The van der Waals surface area contributed by atoms with E-state index in [4.69, 9.17) is 15.6 Å². The van der Waals surface area contributed by atoms with Crippen molar-refractivity contribution in [3.8, 4) is 5.75 Å². The number of hydrogen-bond acceptors (Lipinski definition) is 3. The van der Waals surface area contributed by atoms with Crippen molar-refractivity contribution in [1.82, 2.24) is 0 Å². The summed E-state index contributed by atoms with van der Waals surface area (Å²) in [4.78, 5) is 10.4. The first-order chi connectivity index (χ1) is 6.97. The van der Waals surface area contributed by atoms with Crippen molar-refractivity contribution in [2.75, 3.05) is 12.8 Å². The topological polar surface area (TPSA) is 72.5 Å². The third-order valence-electron chi connectivity index (χ3n) is 1.84. The van der Waals surface area contributed by atoms with Crippen molar-refractivity contribution < 1.29 is 23.4 Å². The number of nitrogens with two attached hydrogens (primary N) is 1. The van der Waals surface area contributed by atoms with E-state index in [1.54, 1.807) is 0 Å². The third-order valence-corrected chi connectivity index (χ3v) is 1.84. The minimum atomic E-state index is -1.28. The highest BCUT2D eigenvalue weighted by Crippen LogP contribution is 2.28. The average molecular weight is 217 g/mol. The van der Waals surface area contributed by atoms with Gasteiger partial charge in [-0.05, 0) is 0 Å². The zero-order valence-electron chi connectivity index (χ0n) is 7.88. The number of carboxylic acid groups (broad SMARTS) is 1. The SMILES string of the molecule is COc1cc(N)c(F)c(F)c1CC(=O)O. The van der Waals surface area contributed by atoms with E-state index in [0.29, 0.717) is 0 Å². The smallest absolute Gasteiger partial charge is 0.308 e. The van der Waals surface area contributed by atoms with Crippen LogP contribution < -0.4 is 10.5 Å². The molecule has 0 saturated heterocycles. The van der Waals surface area contributed by atoms with E-state index in [-0.39, 0.29) is 11.3 Å². The molecule has 6 heteroatoms. The molecule has 0 unspecified atom stereocenters. The van der Waals surface area contributed by atoms with E-state index in [9.17, 15) is 13.6 Å². The lowest BCUT2D eigenvalue weighted by Crippen LogP contribution is -2.08. The van der Waals surface area contributed by atoms with Crippen LogP contribution in [0, 0.1) is 11.6 Å². The van der Waals surface area contributed by atoms with E-state index in [2.05, 4.69) is 0 Å². The first-order valence-corrected chi connectivity index (χ1v) is 3.99. The first kappa shape index (κ1) is 11.2. The van der Waals surface area contributed by atoms with Gasteiger partial charge in [-0.3, -0.25) is 4.79 Å². The molecule has 0 amide bonds. The molecule has 0 heterocycles. The summed E-state index contributed by atoms with van der Waals surface area (Å²) in [6, 6.07) is 1.05. The average Bonchev–Trinajstić information content (AvgIpc) is 2.18. The number of rotatable bonds is 3. The summed E-state index contributed by atoms with van der Waals surface area (Å²) in [5.41, 5.74) is 4.39. The van der Waals surface area contributed by atoms with Crippen molar-refractivity contribution >= 4 is 11.7 Å². The van der Waals surface area contributed by atoms with Crippen LogP contribution in [0.4, 0.5) is 14.5 Å². The molecule has 0 spiro atoms. The van der Waals surface area contributed by atoms with Gasteiger partial charge in [-0.2, -0.15) is 0 Å². The van der Waals surface area contributed by atoms with Gasteiger partial charge in [0.05, 0.1) is 19.2 Å². The molecule has 0 radical (unpaired) electrons. The second-order valence-corrected chi connectivity index (χ2v) is 2.85. The Morgan fingerprint density at radius 3 is 2.60 bits per heavy atom. The van der Waals surface area contributed by atoms with Gasteiger partial charge < -0.3 is 15.6 Å². The van der Waals surface area contributed by atoms with Crippen molar-refractivity contribution in [1.29, 1.82) is 0 Å². The number of carboxylic acids is 1. The Hall–Kier alpha value is -1.85. The molecule has 0 fully saturated rings. The van der Waals surface area contributed by atoms with Crippen molar-refractivity contribution in [2.45, 2.75) is 6.42 Å². The number of halogens is 2. The van der Waals surface area contributed by atoms with Crippen LogP contribution in [0.25, 0.3) is 0 Å². The Morgan fingerprint density at radius 2 is 2.13 bits per heavy atom. The van der Waals surface area contributed by atoms with Crippen LogP contribution in [-0.4, -0.2) is 18.2 Å². The number of methoxy groups -OCH3 is 1. The van der Waals surface area contributed by atoms with Crippen molar-refractivity contribution in [3.05, 3.63) is 23.3 Å². The van der Waals surface area contributed by atoms with Gasteiger partial charge in [0.2, 0.25) is 0 Å². The lowest BCUT2D eigenvalue weighted by Gasteiger charge is -2.10. The molecule has 0 aromatic heterocycles. The highest BCUT2D eigenvalue weighted by atomic mass is 19.2. The molecule has 0 aliphatic carbocycles. The van der Waals surface area contributed by atoms with Gasteiger partial charge in [-0.1, -0.05) is 0 Å². The lowest BCUT2D eigenvalue weighted by molar-refractivity contribution is -0.136. The van der Waals surface area contributed by atoms with Gasteiger partial charge in [0, 0.05) is 11.6 Å². The van der Waals surface area contributed by atoms with E-state index < -0.39 is 29.7 Å². The number of nitrogen functional groups attached to an aromatic ring is 1. The van der Waals surface area contributed by atoms with Crippen LogP contribution in [0.1, 0.15) is 5.56 Å². The molecule has 3 N–H and O–H groups in total. The minimum Gasteiger partial charge on any atom is -0.496 e. The zero-order valence-corrected chi connectivity index (χ0v) is 7.88. The molecule has 0 aliphatic rings. The van der Waals surface area contributed by atoms with Crippen LogP contribution in [0.2, 0.25) is 0 Å². The molecule has 1 aromatic rings. The number of benzene rings is 1.